The van der Waals surface area contributed by atoms with Gasteiger partial charge >= 0.3 is 0 Å². The van der Waals surface area contributed by atoms with Gasteiger partial charge < -0.3 is 10.3 Å². The van der Waals surface area contributed by atoms with Crippen LogP contribution in [0, 0.1) is 6.92 Å². The largest absolute Gasteiger partial charge is 0.330 e. The van der Waals surface area contributed by atoms with Crippen molar-refractivity contribution in [2.75, 3.05) is 6.54 Å². The van der Waals surface area contributed by atoms with Gasteiger partial charge in [0.15, 0.2) is 0 Å². The minimum absolute atomic E-state index is 0.00494. The molecule has 126 valence electrons. The zero-order valence-corrected chi connectivity index (χ0v) is 14.1. The highest BCUT2D eigenvalue weighted by Crippen LogP contribution is 2.28. The Morgan fingerprint density at radius 1 is 1.12 bits per heavy atom. The van der Waals surface area contributed by atoms with Gasteiger partial charge in [0.25, 0.3) is 5.56 Å². The molecule has 25 heavy (non-hydrogen) atoms. The number of nitrogens with two attached hydrogens (primary N) is 1. The molecule has 5 heteroatoms. The van der Waals surface area contributed by atoms with Gasteiger partial charge in [-0.2, -0.15) is 5.10 Å². The van der Waals surface area contributed by atoms with Gasteiger partial charge in [0.05, 0.1) is 10.9 Å². The van der Waals surface area contributed by atoms with Gasteiger partial charge in [-0.05, 0) is 43.1 Å². The quantitative estimate of drug-likeness (QED) is 0.602. The summed E-state index contributed by atoms with van der Waals surface area (Å²) in [5.74, 6) is 0. The molecular formula is C20H20N4O. The van der Waals surface area contributed by atoms with Gasteiger partial charge in [-0.15, -0.1) is 0 Å². The van der Waals surface area contributed by atoms with E-state index in [0.717, 1.165) is 39.7 Å². The molecule has 0 aliphatic carbocycles. The number of nitrogens with one attached hydrogen (secondary N) is 1. The van der Waals surface area contributed by atoms with Crippen LogP contribution in [0.1, 0.15) is 12.1 Å². The molecule has 5 nitrogen and oxygen atoms in total. The van der Waals surface area contributed by atoms with Gasteiger partial charge in [0.1, 0.15) is 5.52 Å². The summed E-state index contributed by atoms with van der Waals surface area (Å²) in [7, 11) is 0. The van der Waals surface area contributed by atoms with E-state index < -0.39 is 0 Å². The number of aryl methyl sites for hydroxylation is 2. The Bertz CT molecular complexity index is 1110. The van der Waals surface area contributed by atoms with Crippen molar-refractivity contribution in [2.24, 2.45) is 5.73 Å². The average molecular weight is 332 g/mol. The number of nitrogens with zero attached hydrogens (tertiary/aromatic N) is 2. The smallest absolute Gasteiger partial charge is 0.262 e. The molecular weight excluding hydrogens is 312 g/mol. The third kappa shape index (κ3) is 2.53. The molecule has 0 unspecified atom stereocenters. The van der Waals surface area contributed by atoms with Crippen LogP contribution in [0.4, 0.5) is 0 Å². The second kappa shape index (κ2) is 6.18. The van der Waals surface area contributed by atoms with E-state index in [0.29, 0.717) is 18.5 Å². The molecule has 2 aromatic heterocycles. The van der Waals surface area contributed by atoms with Crippen LogP contribution in [0.25, 0.3) is 32.9 Å². The van der Waals surface area contributed by atoms with Crippen molar-refractivity contribution in [3.63, 3.8) is 0 Å². The van der Waals surface area contributed by atoms with E-state index in [4.69, 9.17) is 5.73 Å². The highest BCUT2D eigenvalue weighted by Gasteiger charge is 2.15. The van der Waals surface area contributed by atoms with Crippen LogP contribution in [-0.2, 0) is 6.54 Å². The van der Waals surface area contributed by atoms with Crippen molar-refractivity contribution in [1.82, 2.24) is 14.8 Å². The van der Waals surface area contributed by atoms with Crippen LogP contribution in [0.2, 0.25) is 0 Å². The van der Waals surface area contributed by atoms with E-state index in [1.807, 2.05) is 35.8 Å². The predicted molar refractivity (Wildman–Crippen MR) is 102 cm³/mol. The monoisotopic (exact) mass is 332 g/mol. The molecule has 0 spiro atoms. The fourth-order valence-electron chi connectivity index (χ4n) is 3.37. The lowest BCUT2D eigenvalue weighted by Crippen LogP contribution is -2.22. The van der Waals surface area contributed by atoms with E-state index in [9.17, 15) is 4.79 Å². The second-order valence-electron chi connectivity index (χ2n) is 6.27. The maximum Gasteiger partial charge on any atom is 0.262 e. The molecule has 0 bridgehead atoms. The molecule has 2 aromatic carbocycles. The Morgan fingerprint density at radius 3 is 2.68 bits per heavy atom. The number of hydrogen-bond acceptors (Lipinski definition) is 3. The summed E-state index contributed by atoms with van der Waals surface area (Å²) in [6.45, 7) is 3.05. The number of benzene rings is 2. The fourth-order valence-corrected chi connectivity index (χ4v) is 3.37. The average Bonchev–Trinajstić information content (AvgIpc) is 3.04. The molecule has 0 saturated heterocycles. The van der Waals surface area contributed by atoms with Gasteiger partial charge in [0.2, 0.25) is 0 Å². The predicted octanol–water partition coefficient (Wildman–Crippen LogP) is 3.20. The van der Waals surface area contributed by atoms with Gasteiger partial charge in [0, 0.05) is 17.6 Å². The van der Waals surface area contributed by atoms with E-state index in [1.54, 1.807) is 0 Å². The minimum atomic E-state index is -0.00494. The molecule has 0 fully saturated rings. The van der Waals surface area contributed by atoms with Crippen LogP contribution in [0.15, 0.2) is 53.3 Å². The SMILES string of the molecule is Cc1[nH]nc2c1c(=O)n(CCCN)c1ccc(-c3ccccc3)cc21. The standard InChI is InChI=1S/C20H20N4O/c1-13-18-19(23-22-13)16-12-15(14-6-3-2-4-7-14)8-9-17(16)24(20(18)25)11-5-10-21/h2-4,6-9,12H,5,10-11,21H2,1H3,(H,22,23). The van der Waals surface area contributed by atoms with E-state index in [1.165, 1.54) is 0 Å². The maximum absolute atomic E-state index is 12.9. The number of pyridine rings is 1. The Hall–Kier alpha value is -2.92. The lowest BCUT2D eigenvalue weighted by Gasteiger charge is -2.12. The number of fused-ring (bicyclic) bond motifs is 3. The Kier molecular flexibility index (Phi) is 3.86. The van der Waals surface area contributed by atoms with Gasteiger partial charge in [-0.3, -0.25) is 9.89 Å². The lowest BCUT2D eigenvalue weighted by molar-refractivity contribution is 0.654. The second-order valence-corrected chi connectivity index (χ2v) is 6.27. The summed E-state index contributed by atoms with van der Waals surface area (Å²) in [6, 6.07) is 16.4. The summed E-state index contributed by atoms with van der Waals surface area (Å²) < 4.78 is 1.82. The number of rotatable bonds is 4. The van der Waals surface area contributed by atoms with E-state index in [-0.39, 0.29) is 5.56 Å². The highest BCUT2D eigenvalue weighted by atomic mass is 16.1. The summed E-state index contributed by atoms with van der Waals surface area (Å²) in [5, 5.41) is 9.01. The van der Waals surface area contributed by atoms with Crippen LogP contribution in [0.5, 0.6) is 0 Å². The summed E-state index contributed by atoms with van der Waals surface area (Å²) in [4.78, 5) is 12.9. The first-order valence-electron chi connectivity index (χ1n) is 8.47. The Balaban J connectivity index is 2.06. The maximum atomic E-state index is 12.9. The molecule has 0 aliphatic heterocycles. The molecule has 0 saturated carbocycles. The van der Waals surface area contributed by atoms with Crippen LogP contribution in [-0.4, -0.2) is 21.3 Å². The van der Waals surface area contributed by atoms with Crippen molar-refractivity contribution >= 4 is 21.8 Å². The number of aromatic amines is 1. The van der Waals surface area contributed by atoms with Crippen LogP contribution >= 0.6 is 0 Å². The third-order valence-electron chi connectivity index (χ3n) is 4.64. The zero-order valence-electron chi connectivity index (χ0n) is 14.1. The normalized spacial score (nSPS) is 11.4. The molecule has 0 atom stereocenters. The first-order valence-corrected chi connectivity index (χ1v) is 8.47. The highest BCUT2D eigenvalue weighted by molar-refractivity contribution is 6.05. The fraction of sp³-hybridized carbons (Fsp3) is 0.200. The topological polar surface area (TPSA) is 76.7 Å². The van der Waals surface area contributed by atoms with E-state index in [2.05, 4.69) is 34.5 Å². The third-order valence-corrected chi connectivity index (χ3v) is 4.64. The minimum Gasteiger partial charge on any atom is -0.330 e. The number of H-pyrrole nitrogens is 1. The first-order chi connectivity index (χ1) is 12.2. The van der Waals surface area contributed by atoms with Crippen molar-refractivity contribution in [3.8, 4) is 11.1 Å². The van der Waals surface area contributed by atoms with Crippen molar-refractivity contribution in [1.29, 1.82) is 0 Å². The van der Waals surface area contributed by atoms with E-state index >= 15 is 0 Å². The molecule has 0 radical (unpaired) electrons. The first kappa shape index (κ1) is 15.6. The van der Waals surface area contributed by atoms with Gasteiger partial charge in [-0.25, -0.2) is 0 Å². The molecule has 0 amide bonds. The molecule has 4 aromatic rings. The Labute approximate surface area is 145 Å². The van der Waals surface area contributed by atoms with Crippen molar-refractivity contribution < 1.29 is 0 Å². The zero-order chi connectivity index (χ0) is 17.4. The molecule has 2 heterocycles. The molecule has 3 N–H and O–H groups in total. The molecule has 4 rings (SSSR count). The Morgan fingerprint density at radius 2 is 1.92 bits per heavy atom. The lowest BCUT2D eigenvalue weighted by atomic mass is 10.0. The van der Waals surface area contributed by atoms with Gasteiger partial charge in [-0.1, -0.05) is 36.4 Å². The van der Waals surface area contributed by atoms with Crippen molar-refractivity contribution in [3.05, 3.63) is 64.6 Å². The van der Waals surface area contributed by atoms with Crippen LogP contribution in [0.3, 0.4) is 0 Å². The number of aromatic nitrogens is 3. The summed E-state index contributed by atoms with van der Waals surface area (Å²) >= 11 is 0. The summed E-state index contributed by atoms with van der Waals surface area (Å²) in [6.07, 6.45) is 0.762. The van der Waals surface area contributed by atoms with Crippen molar-refractivity contribution in [2.45, 2.75) is 19.9 Å². The van der Waals surface area contributed by atoms with Crippen LogP contribution < -0.4 is 11.3 Å². The molecule has 0 aliphatic rings. The summed E-state index contributed by atoms with van der Waals surface area (Å²) in [5.41, 5.74) is 10.3. The number of hydrogen-bond donors (Lipinski definition) is 2.